The zero-order valence-corrected chi connectivity index (χ0v) is 25.5. The number of hydrogen-bond acceptors (Lipinski definition) is 6. The Labute approximate surface area is 248 Å². The zero-order valence-electron chi connectivity index (χ0n) is 22.2. The molecule has 0 aromatic heterocycles. The SMILES string of the molecule is COc1cccc(P(=O)(O)/C=C/C(C)c2cc(Cl)c(C(=O)N[C@@H](Cc3cccc(S(C)(=O)=O)c3)C(=O)O)c(Cl)c2)c1. The molecule has 1 amide bonds. The van der Waals surface area contributed by atoms with Crippen LogP contribution in [0.25, 0.3) is 0 Å². The molecule has 0 bridgehead atoms. The van der Waals surface area contributed by atoms with Gasteiger partial charge in [-0.3, -0.25) is 9.36 Å². The van der Waals surface area contributed by atoms with Crippen molar-refractivity contribution in [2.24, 2.45) is 0 Å². The number of amides is 1. The number of aliphatic carboxylic acids is 1. The number of carbonyl (C=O) groups is 2. The average Bonchev–Trinajstić information content (AvgIpc) is 2.90. The molecule has 2 unspecified atom stereocenters. The van der Waals surface area contributed by atoms with Crippen molar-refractivity contribution in [3.63, 3.8) is 0 Å². The van der Waals surface area contributed by atoms with Crippen LogP contribution in [0.5, 0.6) is 5.75 Å². The fourth-order valence-corrected chi connectivity index (χ4v) is 6.54. The minimum Gasteiger partial charge on any atom is -0.497 e. The van der Waals surface area contributed by atoms with Gasteiger partial charge in [0.25, 0.3) is 13.3 Å². The molecule has 13 heteroatoms. The Bertz CT molecular complexity index is 1640. The lowest BCUT2D eigenvalue weighted by Crippen LogP contribution is -2.42. The van der Waals surface area contributed by atoms with Crippen LogP contribution in [-0.2, 0) is 25.6 Å². The first-order chi connectivity index (χ1) is 19.1. The van der Waals surface area contributed by atoms with Crippen LogP contribution in [0, 0.1) is 0 Å². The van der Waals surface area contributed by atoms with Crippen molar-refractivity contribution in [3.8, 4) is 5.75 Å². The van der Waals surface area contributed by atoms with Gasteiger partial charge in [0.1, 0.15) is 11.8 Å². The van der Waals surface area contributed by atoms with Gasteiger partial charge >= 0.3 is 5.97 Å². The van der Waals surface area contributed by atoms with E-state index in [9.17, 15) is 32.6 Å². The van der Waals surface area contributed by atoms with Gasteiger partial charge in [-0.15, -0.1) is 0 Å². The summed E-state index contributed by atoms with van der Waals surface area (Å²) in [6.07, 6.45) is 2.37. The summed E-state index contributed by atoms with van der Waals surface area (Å²) in [4.78, 5) is 35.5. The molecule has 3 N–H and O–H groups in total. The van der Waals surface area contributed by atoms with Crippen LogP contribution in [0.1, 0.15) is 34.3 Å². The number of methoxy groups -OCH3 is 1. The zero-order chi connectivity index (χ0) is 30.5. The lowest BCUT2D eigenvalue weighted by atomic mass is 9.99. The third kappa shape index (κ3) is 8.44. The van der Waals surface area contributed by atoms with E-state index >= 15 is 0 Å². The van der Waals surface area contributed by atoms with E-state index in [2.05, 4.69) is 5.32 Å². The van der Waals surface area contributed by atoms with Crippen LogP contribution < -0.4 is 15.4 Å². The number of carbonyl (C=O) groups excluding carboxylic acids is 1. The average molecular weight is 640 g/mol. The van der Waals surface area contributed by atoms with Crippen LogP contribution in [0.2, 0.25) is 10.0 Å². The van der Waals surface area contributed by atoms with Crippen molar-refractivity contribution < 1.29 is 37.3 Å². The topological polar surface area (TPSA) is 147 Å². The highest BCUT2D eigenvalue weighted by atomic mass is 35.5. The summed E-state index contributed by atoms with van der Waals surface area (Å²) in [6.45, 7) is 1.74. The van der Waals surface area contributed by atoms with Crippen molar-refractivity contribution in [1.82, 2.24) is 5.32 Å². The van der Waals surface area contributed by atoms with Gasteiger partial charge in [0.2, 0.25) is 0 Å². The van der Waals surface area contributed by atoms with E-state index in [0.717, 1.165) is 6.26 Å². The molecule has 3 aromatic rings. The minimum absolute atomic E-state index is 0.0244. The largest absolute Gasteiger partial charge is 0.497 e. The van der Waals surface area contributed by atoms with E-state index in [-0.39, 0.29) is 32.2 Å². The number of sulfone groups is 1. The third-order valence-electron chi connectivity index (χ3n) is 6.19. The highest BCUT2D eigenvalue weighted by Crippen LogP contribution is 2.43. The molecule has 0 radical (unpaired) electrons. The second-order valence-electron chi connectivity index (χ2n) is 9.30. The van der Waals surface area contributed by atoms with E-state index in [0.29, 0.717) is 16.9 Å². The Morgan fingerprint density at radius 1 is 1.07 bits per heavy atom. The molecular weight excluding hydrogens is 612 g/mol. The van der Waals surface area contributed by atoms with E-state index in [1.54, 1.807) is 25.1 Å². The van der Waals surface area contributed by atoms with E-state index in [1.165, 1.54) is 61.5 Å². The Hall–Kier alpha value is -3.14. The van der Waals surface area contributed by atoms with Gasteiger partial charge in [-0.1, -0.05) is 54.4 Å². The smallest absolute Gasteiger partial charge is 0.326 e. The number of nitrogens with one attached hydrogen (secondary N) is 1. The summed E-state index contributed by atoms with van der Waals surface area (Å²) in [7, 11) is -5.91. The minimum atomic E-state index is -3.85. The van der Waals surface area contributed by atoms with Crippen LogP contribution in [0.15, 0.2) is 77.5 Å². The molecular formula is C28H28Cl2NO8PS. The Morgan fingerprint density at radius 3 is 2.29 bits per heavy atom. The molecule has 3 atom stereocenters. The van der Waals surface area contributed by atoms with Crippen molar-refractivity contribution in [2.75, 3.05) is 13.4 Å². The summed E-state index contributed by atoms with van der Waals surface area (Å²) < 4.78 is 41.7. The first-order valence-corrected chi connectivity index (χ1v) is 16.5. The summed E-state index contributed by atoms with van der Waals surface area (Å²) >= 11 is 12.8. The molecule has 0 heterocycles. The highest BCUT2D eigenvalue weighted by molar-refractivity contribution is 7.90. The second kappa shape index (κ2) is 13.2. The van der Waals surface area contributed by atoms with Crippen molar-refractivity contribution in [2.45, 2.75) is 30.2 Å². The predicted molar refractivity (Wildman–Crippen MR) is 159 cm³/mol. The van der Waals surface area contributed by atoms with E-state index in [1.807, 2.05) is 0 Å². The maximum absolute atomic E-state index is 13.0. The number of hydrogen-bond donors (Lipinski definition) is 3. The number of carboxylic acid groups (broad SMARTS) is 1. The number of rotatable bonds is 11. The van der Waals surface area contributed by atoms with Gasteiger partial charge in [-0.2, -0.15) is 0 Å². The van der Waals surface area contributed by atoms with Gasteiger partial charge in [0, 0.05) is 23.8 Å². The first-order valence-electron chi connectivity index (χ1n) is 12.1. The van der Waals surface area contributed by atoms with E-state index < -0.39 is 41.0 Å². The first kappa shape index (κ1) is 32.4. The lowest BCUT2D eigenvalue weighted by molar-refractivity contribution is -0.139. The summed E-state index contributed by atoms with van der Waals surface area (Å²) in [5.74, 6) is -0.958. The number of benzene rings is 3. The quantitative estimate of drug-likeness (QED) is 0.247. The molecule has 0 aliphatic carbocycles. The molecule has 0 saturated carbocycles. The van der Waals surface area contributed by atoms with Crippen LogP contribution in [0.3, 0.4) is 0 Å². The molecule has 0 spiro atoms. The fraction of sp³-hybridized carbons (Fsp3) is 0.214. The monoisotopic (exact) mass is 639 g/mol. The van der Waals surface area contributed by atoms with Crippen molar-refractivity contribution in [1.29, 1.82) is 0 Å². The van der Waals surface area contributed by atoms with Crippen LogP contribution in [-0.4, -0.2) is 49.7 Å². The normalized spacial score (nSPS) is 14.7. The molecule has 3 rings (SSSR count). The summed E-state index contributed by atoms with van der Waals surface area (Å²) in [6, 6.07) is 13.6. The fourth-order valence-electron chi connectivity index (χ4n) is 3.89. The Kier molecular flexibility index (Phi) is 10.4. The predicted octanol–water partition coefficient (Wildman–Crippen LogP) is 5.04. The molecule has 3 aromatic carbocycles. The highest BCUT2D eigenvalue weighted by Gasteiger charge is 2.25. The molecule has 0 aliphatic heterocycles. The van der Waals surface area contributed by atoms with Gasteiger partial charge < -0.3 is 20.1 Å². The molecule has 0 aliphatic rings. The third-order valence-corrected chi connectivity index (χ3v) is 9.49. The molecule has 0 fully saturated rings. The van der Waals surface area contributed by atoms with Crippen LogP contribution in [0.4, 0.5) is 0 Å². The maximum atomic E-state index is 13.0. The lowest BCUT2D eigenvalue weighted by Gasteiger charge is -2.17. The number of carboxylic acids is 1. The van der Waals surface area contributed by atoms with Crippen molar-refractivity contribution >= 4 is 57.6 Å². The second-order valence-corrected chi connectivity index (χ2v) is 14.2. The Balaban J connectivity index is 1.80. The Morgan fingerprint density at radius 2 is 1.71 bits per heavy atom. The van der Waals surface area contributed by atoms with Gasteiger partial charge in [0.05, 0.1) is 27.6 Å². The van der Waals surface area contributed by atoms with E-state index in [4.69, 9.17) is 27.9 Å². The maximum Gasteiger partial charge on any atom is 0.326 e. The van der Waals surface area contributed by atoms with Gasteiger partial charge in [-0.05, 0) is 59.5 Å². The molecule has 0 saturated heterocycles. The number of allylic oxidation sites excluding steroid dienone is 1. The van der Waals surface area contributed by atoms with Crippen LogP contribution >= 0.6 is 30.6 Å². The van der Waals surface area contributed by atoms with Gasteiger partial charge in [0.15, 0.2) is 9.84 Å². The number of ether oxygens (including phenoxy) is 1. The molecule has 41 heavy (non-hydrogen) atoms. The van der Waals surface area contributed by atoms with Gasteiger partial charge in [-0.25, -0.2) is 13.2 Å². The number of halogens is 2. The van der Waals surface area contributed by atoms with Crippen molar-refractivity contribution in [3.05, 3.63) is 99.3 Å². The summed E-state index contributed by atoms with van der Waals surface area (Å²) in [5.41, 5.74) is 0.795. The molecule has 218 valence electrons. The standard InChI is InChI=1S/C28H28Cl2NO8PS/c1-17(10-11-40(35,36)21-8-5-7-20(16-21)39-2)19-14-23(29)26(24(30)15-19)27(32)31-25(28(33)34)13-18-6-4-9-22(12-18)41(3,37)38/h4-12,14-17,25H,13H2,1-3H3,(H,31,32)(H,33,34)(H,35,36)/b11-10+/t17?,25-/m0/s1. The summed E-state index contributed by atoms with van der Waals surface area (Å²) in [5, 5.41) is 12.2. The molecule has 9 nitrogen and oxygen atoms in total.